The number of hydrogen-bond donors (Lipinski definition) is 2. The van der Waals surface area contributed by atoms with Gasteiger partial charge in [-0.3, -0.25) is 4.79 Å². The van der Waals surface area contributed by atoms with Gasteiger partial charge in [0.1, 0.15) is 0 Å². The first-order valence-corrected chi connectivity index (χ1v) is 5.18. The van der Waals surface area contributed by atoms with Crippen molar-refractivity contribution in [2.75, 3.05) is 13.1 Å². The van der Waals surface area contributed by atoms with Crippen molar-refractivity contribution in [2.24, 2.45) is 0 Å². The van der Waals surface area contributed by atoms with Crippen LogP contribution >= 0.6 is 0 Å². The van der Waals surface area contributed by atoms with Crippen molar-refractivity contribution in [1.82, 2.24) is 20.2 Å². The lowest BCUT2D eigenvalue weighted by Gasteiger charge is -2.07. The summed E-state index contributed by atoms with van der Waals surface area (Å²) in [6, 6.07) is 0. The van der Waals surface area contributed by atoms with Gasteiger partial charge in [0.2, 0.25) is 5.91 Å². The number of nitrogens with zero attached hydrogens (tertiary/aromatic N) is 2. The zero-order chi connectivity index (χ0) is 11.1. The second kappa shape index (κ2) is 6.19. The predicted octanol–water partition coefficient (Wildman–Crippen LogP) is 0.129. The Balaban J connectivity index is 2.17. The third-order valence-corrected chi connectivity index (χ3v) is 2.12. The largest absolute Gasteiger partial charge is 0.355 e. The van der Waals surface area contributed by atoms with Crippen molar-refractivity contribution in [1.29, 1.82) is 0 Å². The number of carbonyl (C=O) groups is 1. The highest BCUT2D eigenvalue weighted by molar-refractivity contribution is 5.72. The molecule has 0 aliphatic carbocycles. The second-order valence-electron chi connectivity index (χ2n) is 3.33. The van der Waals surface area contributed by atoms with Crippen molar-refractivity contribution >= 4 is 5.91 Å². The molecule has 0 fully saturated rings. The molecule has 2 N–H and O–H groups in total. The average molecular weight is 210 g/mol. The van der Waals surface area contributed by atoms with E-state index in [0.717, 1.165) is 19.6 Å². The van der Waals surface area contributed by atoms with Crippen LogP contribution in [0.15, 0.2) is 12.5 Å². The molecule has 1 aromatic heterocycles. The van der Waals surface area contributed by atoms with E-state index < -0.39 is 0 Å². The van der Waals surface area contributed by atoms with Crippen LogP contribution in [-0.2, 0) is 17.9 Å². The smallest absolute Gasteiger partial charge is 0.216 e. The third kappa shape index (κ3) is 4.12. The molecule has 0 unspecified atom stereocenters. The Hall–Kier alpha value is -1.36. The maximum atomic E-state index is 10.6. The van der Waals surface area contributed by atoms with Crippen LogP contribution in [0.25, 0.3) is 0 Å². The molecule has 1 heterocycles. The number of nitrogens with one attached hydrogen (secondary N) is 2. The van der Waals surface area contributed by atoms with Crippen LogP contribution in [0.3, 0.4) is 0 Å². The summed E-state index contributed by atoms with van der Waals surface area (Å²) in [6.45, 7) is 6.76. The number of carbonyl (C=O) groups excluding carboxylic acids is 1. The van der Waals surface area contributed by atoms with Gasteiger partial charge in [-0.2, -0.15) is 0 Å². The van der Waals surface area contributed by atoms with Crippen molar-refractivity contribution in [3.8, 4) is 0 Å². The summed E-state index contributed by atoms with van der Waals surface area (Å²) in [5, 5.41) is 5.97. The lowest BCUT2D eigenvalue weighted by molar-refractivity contribution is -0.118. The van der Waals surface area contributed by atoms with Gasteiger partial charge in [0.25, 0.3) is 0 Å². The number of aromatic nitrogens is 2. The minimum absolute atomic E-state index is 0.00963. The van der Waals surface area contributed by atoms with Gasteiger partial charge >= 0.3 is 0 Å². The van der Waals surface area contributed by atoms with Crippen molar-refractivity contribution in [3.05, 3.63) is 18.2 Å². The summed E-state index contributed by atoms with van der Waals surface area (Å²) in [5.41, 5.74) is 1.17. The van der Waals surface area contributed by atoms with Crippen LogP contribution in [0.1, 0.15) is 19.5 Å². The zero-order valence-electron chi connectivity index (χ0n) is 9.29. The molecule has 0 aliphatic rings. The number of aryl methyl sites for hydroxylation is 1. The first-order chi connectivity index (χ1) is 7.24. The highest BCUT2D eigenvalue weighted by Crippen LogP contribution is 1.97. The quantitative estimate of drug-likeness (QED) is 0.656. The van der Waals surface area contributed by atoms with Crippen LogP contribution in [0.2, 0.25) is 0 Å². The molecule has 0 spiro atoms. The molecule has 0 saturated carbocycles. The Labute approximate surface area is 89.9 Å². The SMILES string of the molecule is CCn1cncc1CNCCNC(C)=O. The highest BCUT2D eigenvalue weighted by atomic mass is 16.1. The van der Waals surface area contributed by atoms with E-state index in [1.807, 2.05) is 12.5 Å². The van der Waals surface area contributed by atoms with Gasteiger partial charge in [-0.05, 0) is 6.92 Å². The first-order valence-electron chi connectivity index (χ1n) is 5.18. The van der Waals surface area contributed by atoms with Crippen molar-refractivity contribution in [3.63, 3.8) is 0 Å². The summed E-state index contributed by atoms with van der Waals surface area (Å²) in [4.78, 5) is 14.7. The lowest BCUT2D eigenvalue weighted by Crippen LogP contribution is -2.30. The molecule has 1 rings (SSSR count). The van der Waals surface area contributed by atoms with E-state index in [0.29, 0.717) is 6.54 Å². The summed E-state index contributed by atoms with van der Waals surface area (Å²) in [5.74, 6) is 0.00963. The first kappa shape index (κ1) is 11.7. The number of rotatable bonds is 6. The van der Waals surface area contributed by atoms with E-state index in [-0.39, 0.29) is 5.91 Å². The van der Waals surface area contributed by atoms with E-state index in [1.165, 1.54) is 12.6 Å². The minimum atomic E-state index is 0.00963. The second-order valence-corrected chi connectivity index (χ2v) is 3.33. The fourth-order valence-electron chi connectivity index (χ4n) is 1.32. The zero-order valence-corrected chi connectivity index (χ0v) is 9.29. The normalized spacial score (nSPS) is 10.3. The Morgan fingerprint density at radius 1 is 1.53 bits per heavy atom. The molecule has 1 amide bonds. The lowest BCUT2D eigenvalue weighted by atomic mass is 10.4. The van der Waals surface area contributed by atoms with E-state index in [4.69, 9.17) is 0 Å². The fourth-order valence-corrected chi connectivity index (χ4v) is 1.32. The summed E-state index contributed by atoms with van der Waals surface area (Å²) in [6.07, 6.45) is 3.68. The van der Waals surface area contributed by atoms with E-state index in [1.54, 1.807) is 0 Å². The van der Waals surface area contributed by atoms with E-state index in [2.05, 4.69) is 27.1 Å². The molecule has 0 saturated heterocycles. The van der Waals surface area contributed by atoms with Crippen molar-refractivity contribution in [2.45, 2.75) is 26.9 Å². The van der Waals surface area contributed by atoms with Gasteiger partial charge in [0.15, 0.2) is 0 Å². The van der Waals surface area contributed by atoms with Gasteiger partial charge in [-0.25, -0.2) is 4.98 Å². The fraction of sp³-hybridized carbons (Fsp3) is 0.600. The molecule has 0 bridgehead atoms. The number of imidazole rings is 1. The van der Waals surface area contributed by atoms with Gasteiger partial charge < -0.3 is 15.2 Å². The summed E-state index contributed by atoms with van der Waals surface area (Å²) >= 11 is 0. The van der Waals surface area contributed by atoms with Crippen LogP contribution in [0.5, 0.6) is 0 Å². The molecule has 0 atom stereocenters. The van der Waals surface area contributed by atoms with E-state index in [9.17, 15) is 4.79 Å². The summed E-state index contributed by atoms with van der Waals surface area (Å²) < 4.78 is 2.09. The predicted molar refractivity (Wildman–Crippen MR) is 58.3 cm³/mol. The van der Waals surface area contributed by atoms with Gasteiger partial charge in [-0.15, -0.1) is 0 Å². The Kier molecular flexibility index (Phi) is 4.83. The average Bonchev–Trinajstić information content (AvgIpc) is 2.64. The number of hydrogen-bond acceptors (Lipinski definition) is 3. The number of amides is 1. The Bertz CT molecular complexity index is 308. The van der Waals surface area contributed by atoms with E-state index >= 15 is 0 Å². The maximum Gasteiger partial charge on any atom is 0.216 e. The van der Waals surface area contributed by atoms with Crippen molar-refractivity contribution < 1.29 is 4.79 Å². The molecular weight excluding hydrogens is 192 g/mol. The summed E-state index contributed by atoms with van der Waals surface area (Å²) in [7, 11) is 0. The minimum Gasteiger partial charge on any atom is -0.355 e. The molecular formula is C10H18N4O. The Morgan fingerprint density at radius 2 is 2.33 bits per heavy atom. The molecule has 0 aromatic carbocycles. The Morgan fingerprint density at radius 3 is 3.00 bits per heavy atom. The van der Waals surface area contributed by atoms with Gasteiger partial charge in [0.05, 0.1) is 12.0 Å². The molecule has 5 nitrogen and oxygen atoms in total. The molecule has 0 radical (unpaired) electrons. The third-order valence-electron chi connectivity index (χ3n) is 2.12. The standard InChI is InChI=1S/C10H18N4O/c1-3-14-8-12-7-10(14)6-11-4-5-13-9(2)15/h7-8,11H,3-6H2,1-2H3,(H,13,15). The molecule has 15 heavy (non-hydrogen) atoms. The van der Waals surface area contributed by atoms with Crippen LogP contribution in [0.4, 0.5) is 0 Å². The molecule has 1 aromatic rings. The van der Waals surface area contributed by atoms with Gasteiger partial charge in [0, 0.05) is 39.3 Å². The molecule has 5 heteroatoms. The topological polar surface area (TPSA) is 59.0 Å². The van der Waals surface area contributed by atoms with Crippen LogP contribution in [0, 0.1) is 0 Å². The van der Waals surface area contributed by atoms with Crippen LogP contribution in [-0.4, -0.2) is 28.5 Å². The highest BCUT2D eigenvalue weighted by Gasteiger charge is 1.98. The maximum absolute atomic E-state index is 10.6. The van der Waals surface area contributed by atoms with Crippen LogP contribution < -0.4 is 10.6 Å². The van der Waals surface area contributed by atoms with Gasteiger partial charge in [-0.1, -0.05) is 0 Å². The molecule has 84 valence electrons. The molecule has 0 aliphatic heterocycles. The monoisotopic (exact) mass is 210 g/mol.